The Kier molecular flexibility index (Phi) is 7.50. The first-order valence-corrected chi connectivity index (χ1v) is 20.5. The Morgan fingerprint density at radius 1 is 0.388 bits per heavy atom. The summed E-state index contributed by atoms with van der Waals surface area (Å²) in [6.07, 6.45) is 0. The lowest BCUT2D eigenvalue weighted by molar-refractivity contribution is 0.661. The molecular formula is C45H39N3Si. The molecule has 1 aromatic heterocycles. The predicted octanol–water partition coefficient (Wildman–Crippen LogP) is 11.1. The molecule has 8 rings (SSSR count). The monoisotopic (exact) mass is 649 g/mol. The summed E-state index contributed by atoms with van der Waals surface area (Å²) < 4.78 is 0. The van der Waals surface area contributed by atoms with Crippen molar-refractivity contribution in [3.8, 4) is 67.5 Å². The Labute approximate surface area is 290 Å². The molecule has 0 radical (unpaired) electrons. The van der Waals surface area contributed by atoms with Gasteiger partial charge in [0.05, 0.1) is 8.07 Å². The van der Waals surface area contributed by atoms with Crippen molar-refractivity contribution in [1.82, 2.24) is 15.0 Å². The maximum Gasteiger partial charge on any atom is 0.164 e. The first-order valence-electron chi connectivity index (χ1n) is 17.0. The number of hydrogen-bond acceptors (Lipinski definition) is 3. The molecule has 0 aliphatic heterocycles. The molecule has 0 saturated carbocycles. The Hall–Kier alpha value is -5.45. The molecular weight excluding hydrogens is 611 g/mol. The largest absolute Gasteiger partial charge is 0.208 e. The van der Waals surface area contributed by atoms with E-state index in [2.05, 4.69) is 118 Å². The van der Waals surface area contributed by atoms with E-state index in [1.165, 1.54) is 44.1 Å². The van der Waals surface area contributed by atoms with Crippen LogP contribution in [0, 0.1) is 0 Å². The molecule has 0 bridgehead atoms. The maximum absolute atomic E-state index is 4.97. The molecule has 0 saturated heterocycles. The van der Waals surface area contributed by atoms with Crippen molar-refractivity contribution in [2.75, 3.05) is 0 Å². The first kappa shape index (κ1) is 30.9. The summed E-state index contributed by atoms with van der Waals surface area (Å²) in [5.74, 6) is 1.99. The highest BCUT2D eigenvalue weighted by Gasteiger charge is 2.36. The molecule has 49 heavy (non-hydrogen) atoms. The first-order chi connectivity index (χ1) is 23.6. The van der Waals surface area contributed by atoms with Gasteiger partial charge in [-0.15, -0.1) is 0 Å². The average Bonchev–Trinajstić information content (AvgIpc) is 3.37. The number of aromatic nitrogens is 3. The lowest BCUT2D eigenvalue weighted by Gasteiger charge is -2.23. The number of benzene rings is 6. The van der Waals surface area contributed by atoms with Crippen LogP contribution < -0.4 is 5.19 Å². The van der Waals surface area contributed by atoms with Gasteiger partial charge in [0, 0.05) is 22.1 Å². The second-order valence-corrected chi connectivity index (χ2v) is 19.7. The van der Waals surface area contributed by atoms with E-state index in [0.29, 0.717) is 17.5 Å². The van der Waals surface area contributed by atoms with Gasteiger partial charge < -0.3 is 0 Å². The van der Waals surface area contributed by atoms with Crippen molar-refractivity contribution in [1.29, 1.82) is 0 Å². The fourth-order valence-electron chi connectivity index (χ4n) is 7.03. The van der Waals surface area contributed by atoms with Gasteiger partial charge in [0.25, 0.3) is 0 Å². The van der Waals surface area contributed by atoms with Crippen molar-refractivity contribution in [3.63, 3.8) is 0 Å². The van der Waals surface area contributed by atoms with Crippen LogP contribution in [0.4, 0.5) is 0 Å². The molecule has 0 N–H and O–H groups in total. The highest BCUT2D eigenvalue weighted by Crippen LogP contribution is 2.50. The van der Waals surface area contributed by atoms with E-state index in [-0.39, 0.29) is 5.41 Å². The van der Waals surface area contributed by atoms with Gasteiger partial charge in [-0.3, -0.25) is 0 Å². The van der Waals surface area contributed by atoms with E-state index < -0.39 is 8.07 Å². The van der Waals surface area contributed by atoms with Crippen LogP contribution in [0.2, 0.25) is 19.6 Å². The highest BCUT2D eigenvalue weighted by molar-refractivity contribution is 6.88. The minimum absolute atomic E-state index is 0.129. The van der Waals surface area contributed by atoms with E-state index in [1.807, 2.05) is 60.7 Å². The molecule has 0 unspecified atom stereocenters. The van der Waals surface area contributed by atoms with Gasteiger partial charge in [-0.25, -0.2) is 15.0 Å². The maximum atomic E-state index is 4.97. The molecule has 0 amide bonds. The minimum atomic E-state index is -1.34. The highest BCUT2D eigenvalue weighted by atomic mass is 28.3. The summed E-state index contributed by atoms with van der Waals surface area (Å²) in [5.41, 5.74) is 13.0. The van der Waals surface area contributed by atoms with Crippen LogP contribution in [0.3, 0.4) is 0 Å². The summed E-state index contributed by atoms with van der Waals surface area (Å²) in [7, 11) is -1.34. The van der Waals surface area contributed by atoms with Gasteiger partial charge in [-0.2, -0.15) is 0 Å². The molecule has 3 nitrogen and oxygen atoms in total. The number of hydrogen-bond donors (Lipinski definition) is 0. The van der Waals surface area contributed by atoms with Gasteiger partial charge in [0.1, 0.15) is 0 Å². The zero-order valence-corrected chi connectivity index (χ0v) is 29.7. The summed E-state index contributed by atoms with van der Waals surface area (Å²) in [4.78, 5) is 14.8. The normalized spacial score (nSPS) is 13.2. The zero-order chi connectivity index (χ0) is 33.8. The Balaban J connectivity index is 1.16. The van der Waals surface area contributed by atoms with Crippen molar-refractivity contribution in [2.24, 2.45) is 0 Å². The Bertz CT molecular complexity index is 2260. The smallest absolute Gasteiger partial charge is 0.164 e. The molecule has 0 atom stereocenters. The third-order valence-corrected chi connectivity index (χ3v) is 12.0. The standard InChI is InChI=1S/C45H39N3Si/c1-45(2)40-28-34(30-19-23-37(24-20-30)49(3,4)5)21-25-38(40)39-26-22-35(29-41(39)45)33-17-12-18-36(27-33)44-47-42(31-13-8-6-9-14-31)46-43(48-44)32-15-10-7-11-16-32/h6-29H,1-5H3. The third kappa shape index (κ3) is 5.72. The predicted molar refractivity (Wildman–Crippen MR) is 208 cm³/mol. The van der Waals surface area contributed by atoms with Crippen molar-refractivity contribution < 1.29 is 0 Å². The number of rotatable bonds is 6. The van der Waals surface area contributed by atoms with Crippen molar-refractivity contribution in [2.45, 2.75) is 38.9 Å². The Morgan fingerprint density at radius 2 is 0.796 bits per heavy atom. The van der Waals surface area contributed by atoms with Crippen LogP contribution in [0.5, 0.6) is 0 Å². The van der Waals surface area contributed by atoms with Crippen LogP contribution in [0.15, 0.2) is 146 Å². The molecule has 4 heteroatoms. The molecule has 0 spiro atoms. The second-order valence-electron chi connectivity index (χ2n) is 14.6. The molecule has 6 aromatic carbocycles. The summed E-state index contributed by atoms with van der Waals surface area (Å²) in [6.45, 7) is 11.9. The van der Waals surface area contributed by atoms with Crippen molar-refractivity contribution in [3.05, 3.63) is 157 Å². The Morgan fingerprint density at radius 3 is 1.31 bits per heavy atom. The van der Waals surface area contributed by atoms with Crippen LogP contribution in [0.1, 0.15) is 25.0 Å². The van der Waals surface area contributed by atoms with Crippen LogP contribution in [-0.2, 0) is 5.41 Å². The molecule has 1 heterocycles. The summed E-state index contributed by atoms with van der Waals surface area (Å²) in [6, 6.07) is 52.0. The molecule has 238 valence electrons. The second kappa shape index (κ2) is 11.9. The van der Waals surface area contributed by atoms with Gasteiger partial charge in [-0.1, -0.05) is 166 Å². The molecule has 1 aliphatic carbocycles. The fraction of sp³-hybridized carbons (Fsp3) is 0.133. The SMILES string of the molecule is CC1(C)c2cc(-c3ccc([Si](C)(C)C)cc3)ccc2-c2ccc(-c3cccc(-c4nc(-c5ccccc5)nc(-c5ccccc5)n4)c3)cc21. The van der Waals surface area contributed by atoms with Gasteiger partial charge in [-0.05, 0) is 62.7 Å². The quantitative estimate of drug-likeness (QED) is 0.168. The van der Waals surface area contributed by atoms with E-state index >= 15 is 0 Å². The topological polar surface area (TPSA) is 38.7 Å². The van der Waals surface area contributed by atoms with E-state index in [1.54, 1.807) is 0 Å². The van der Waals surface area contributed by atoms with Crippen molar-refractivity contribution >= 4 is 13.3 Å². The number of nitrogens with zero attached hydrogens (tertiary/aromatic N) is 3. The van der Waals surface area contributed by atoms with Crippen LogP contribution >= 0.6 is 0 Å². The summed E-state index contributed by atoms with van der Waals surface area (Å²) in [5, 5.41) is 1.49. The molecule has 1 aliphatic rings. The lowest BCUT2D eigenvalue weighted by atomic mass is 9.81. The van der Waals surface area contributed by atoms with Gasteiger partial charge >= 0.3 is 0 Å². The van der Waals surface area contributed by atoms with Gasteiger partial charge in [0.2, 0.25) is 0 Å². The average molecular weight is 650 g/mol. The molecule has 7 aromatic rings. The van der Waals surface area contributed by atoms with Crippen LogP contribution in [-0.4, -0.2) is 23.0 Å². The molecule has 0 fully saturated rings. The lowest BCUT2D eigenvalue weighted by Crippen LogP contribution is -2.37. The third-order valence-electron chi connectivity index (χ3n) is 9.91. The van der Waals surface area contributed by atoms with E-state index in [9.17, 15) is 0 Å². The minimum Gasteiger partial charge on any atom is -0.208 e. The van der Waals surface area contributed by atoms with E-state index in [4.69, 9.17) is 15.0 Å². The fourth-order valence-corrected chi connectivity index (χ4v) is 8.20. The van der Waals surface area contributed by atoms with Crippen LogP contribution in [0.25, 0.3) is 67.5 Å². The van der Waals surface area contributed by atoms with Gasteiger partial charge in [0.15, 0.2) is 17.5 Å². The summed E-state index contributed by atoms with van der Waals surface area (Å²) >= 11 is 0. The van der Waals surface area contributed by atoms with E-state index in [0.717, 1.165) is 22.3 Å². The zero-order valence-electron chi connectivity index (χ0n) is 28.7. The number of fused-ring (bicyclic) bond motifs is 3.